The normalized spacial score (nSPS) is 12.9. The molecule has 78 valence electrons. The highest BCUT2D eigenvalue weighted by Crippen LogP contribution is 2.12. The quantitative estimate of drug-likeness (QED) is 0.797. The molecule has 0 saturated heterocycles. The number of hydrogen-bond donors (Lipinski definition) is 1. The van der Waals surface area contributed by atoms with Gasteiger partial charge in [-0.05, 0) is 20.3 Å². The van der Waals surface area contributed by atoms with Crippen molar-refractivity contribution < 1.29 is 0 Å². The van der Waals surface area contributed by atoms with E-state index in [0.717, 1.165) is 29.9 Å². The first-order valence-corrected chi connectivity index (χ1v) is 5.23. The Balaban J connectivity index is 2.78. The topological polar surface area (TPSA) is 51.8 Å². The Morgan fingerprint density at radius 1 is 1.50 bits per heavy atom. The third kappa shape index (κ3) is 2.77. The van der Waals surface area contributed by atoms with Gasteiger partial charge in [0.05, 0.1) is 0 Å². The molecule has 2 N–H and O–H groups in total. The number of aromatic nitrogens is 2. The Hall–Kier alpha value is -0.960. The van der Waals surface area contributed by atoms with Crippen LogP contribution in [0, 0.1) is 6.92 Å². The van der Waals surface area contributed by atoms with Crippen LogP contribution in [-0.2, 0) is 6.42 Å². The first kappa shape index (κ1) is 11.1. The standard InChI is InChI=1S/C11H19N3/c1-4-5-6-11-13-7-10(8(2)12)9(3)14-11/h7-8H,4-6,12H2,1-3H3/t8-/m1/s1. The predicted molar refractivity (Wildman–Crippen MR) is 58.0 cm³/mol. The largest absolute Gasteiger partial charge is 0.324 e. The Labute approximate surface area is 85.8 Å². The van der Waals surface area contributed by atoms with Crippen LogP contribution in [0.3, 0.4) is 0 Å². The molecule has 0 aliphatic carbocycles. The SMILES string of the molecule is CCCCc1ncc([C@@H](C)N)c(C)n1. The molecule has 0 bridgehead atoms. The molecule has 1 rings (SSSR count). The van der Waals surface area contributed by atoms with Gasteiger partial charge in [-0.1, -0.05) is 13.3 Å². The lowest BCUT2D eigenvalue weighted by atomic mass is 10.1. The van der Waals surface area contributed by atoms with Crippen molar-refractivity contribution in [3.63, 3.8) is 0 Å². The van der Waals surface area contributed by atoms with E-state index < -0.39 is 0 Å². The van der Waals surface area contributed by atoms with E-state index >= 15 is 0 Å². The fraction of sp³-hybridized carbons (Fsp3) is 0.636. The summed E-state index contributed by atoms with van der Waals surface area (Å²) in [7, 11) is 0. The number of hydrogen-bond acceptors (Lipinski definition) is 3. The highest BCUT2D eigenvalue weighted by Gasteiger charge is 2.06. The van der Waals surface area contributed by atoms with E-state index in [1.165, 1.54) is 6.42 Å². The highest BCUT2D eigenvalue weighted by molar-refractivity contribution is 5.19. The Kier molecular flexibility index (Phi) is 4.01. The molecular formula is C11H19N3. The van der Waals surface area contributed by atoms with Crippen LogP contribution in [0.5, 0.6) is 0 Å². The molecule has 1 atom stereocenters. The van der Waals surface area contributed by atoms with Crippen LogP contribution in [-0.4, -0.2) is 9.97 Å². The molecule has 1 heterocycles. The van der Waals surface area contributed by atoms with E-state index in [1.807, 2.05) is 20.0 Å². The molecule has 0 aromatic carbocycles. The van der Waals surface area contributed by atoms with Gasteiger partial charge in [0.15, 0.2) is 0 Å². The summed E-state index contributed by atoms with van der Waals surface area (Å²) in [4.78, 5) is 8.75. The van der Waals surface area contributed by atoms with Gasteiger partial charge in [0, 0.05) is 29.9 Å². The number of rotatable bonds is 4. The third-order valence-electron chi connectivity index (χ3n) is 2.31. The maximum atomic E-state index is 5.78. The van der Waals surface area contributed by atoms with E-state index in [9.17, 15) is 0 Å². The zero-order chi connectivity index (χ0) is 10.6. The van der Waals surface area contributed by atoms with Gasteiger partial charge in [-0.15, -0.1) is 0 Å². The molecule has 1 aromatic rings. The van der Waals surface area contributed by atoms with Gasteiger partial charge in [0.2, 0.25) is 0 Å². The second-order valence-electron chi connectivity index (χ2n) is 3.72. The first-order chi connectivity index (χ1) is 6.65. The van der Waals surface area contributed by atoms with Crippen LogP contribution < -0.4 is 5.73 Å². The van der Waals surface area contributed by atoms with Crippen LogP contribution in [0.2, 0.25) is 0 Å². The van der Waals surface area contributed by atoms with Crippen LogP contribution in [0.1, 0.15) is 49.8 Å². The fourth-order valence-corrected chi connectivity index (χ4v) is 1.43. The molecule has 1 aromatic heterocycles. The number of nitrogens with zero attached hydrogens (tertiary/aromatic N) is 2. The van der Waals surface area contributed by atoms with E-state index in [-0.39, 0.29) is 6.04 Å². The number of unbranched alkanes of at least 4 members (excludes halogenated alkanes) is 1. The Morgan fingerprint density at radius 2 is 2.21 bits per heavy atom. The summed E-state index contributed by atoms with van der Waals surface area (Å²) in [6.45, 7) is 6.12. The van der Waals surface area contributed by atoms with Gasteiger partial charge in [-0.2, -0.15) is 0 Å². The average Bonchev–Trinajstić information content (AvgIpc) is 2.14. The second-order valence-corrected chi connectivity index (χ2v) is 3.72. The van der Waals surface area contributed by atoms with Crippen molar-refractivity contribution in [3.8, 4) is 0 Å². The highest BCUT2D eigenvalue weighted by atomic mass is 14.9. The van der Waals surface area contributed by atoms with Crippen molar-refractivity contribution in [1.82, 2.24) is 9.97 Å². The molecule has 0 saturated carbocycles. The number of aryl methyl sites for hydroxylation is 2. The summed E-state index contributed by atoms with van der Waals surface area (Å²) in [6.07, 6.45) is 5.16. The summed E-state index contributed by atoms with van der Waals surface area (Å²) in [5, 5.41) is 0. The lowest BCUT2D eigenvalue weighted by molar-refractivity contribution is 0.727. The van der Waals surface area contributed by atoms with Gasteiger partial charge in [0.25, 0.3) is 0 Å². The van der Waals surface area contributed by atoms with Crippen LogP contribution >= 0.6 is 0 Å². The monoisotopic (exact) mass is 193 g/mol. The number of nitrogens with two attached hydrogens (primary N) is 1. The third-order valence-corrected chi connectivity index (χ3v) is 2.31. The smallest absolute Gasteiger partial charge is 0.128 e. The molecule has 0 amide bonds. The lowest BCUT2D eigenvalue weighted by Gasteiger charge is -2.09. The minimum absolute atomic E-state index is 0.0234. The van der Waals surface area contributed by atoms with E-state index in [0.29, 0.717) is 0 Å². The molecule has 14 heavy (non-hydrogen) atoms. The summed E-state index contributed by atoms with van der Waals surface area (Å²) < 4.78 is 0. The molecule has 3 heteroatoms. The minimum atomic E-state index is 0.0234. The minimum Gasteiger partial charge on any atom is -0.324 e. The molecule has 0 unspecified atom stereocenters. The van der Waals surface area contributed by atoms with Crippen molar-refractivity contribution in [2.24, 2.45) is 5.73 Å². The van der Waals surface area contributed by atoms with Gasteiger partial charge >= 0.3 is 0 Å². The zero-order valence-electron chi connectivity index (χ0n) is 9.25. The maximum Gasteiger partial charge on any atom is 0.128 e. The van der Waals surface area contributed by atoms with Crippen LogP contribution in [0.25, 0.3) is 0 Å². The second kappa shape index (κ2) is 5.05. The zero-order valence-corrected chi connectivity index (χ0v) is 9.25. The lowest BCUT2D eigenvalue weighted by Crippen LogP contribution is -2.10. The van der Waals surface area contributed by atoms with E-state index in [1.54, 1.807) is 0 Å². The van der Waals surface area contributed by atoms with Gasteiger partial charge in [0.1, 0.15) is 5.82 Å². The fourth-order valence-electron chi connectivity index (χ4n) is 1.43. The van der Waals surface area contributed by atoms with E-state index in [4.69, 9.17) is 5.73 Å². The molecule has 0 radical (unpaired) electrons. The van der Waals surface area contributed by atoms with Crippen LogP contribution in [0.4, 0.5) is 0 Å². The van der Waals surface area contributed by atoms with Gasteiger partial charge in [-0.25, -0.2) is 9.97 Å². The van der Waals surface area contributed by atoms with Gasteiger partial charge < -0.3 is 5.73 Å². The molecule has 0 aliphatic heterocycles. The van der Waals surface area contributed by atoms with Crippen molar-refractivity contribution in [2.45, 2.75) is 46.1 Å². The molecule has 3 nitrogen and oxygen atoms in total. The average molecular weight is 193 g/mol. The van der Waals surface area contributed by atoms with E-state index in [2.05, 4.69) is 16.9 Å². The predicted octanol–water partition coefficient (Wildman–Crippen LogP) is 2.15. The van der Waals surface area contributed by atoms with Crippen molar-refractivity contribution >= 4 is 0 Å². The van der Waals surface area contributed by atoms with Crippen molar-refractivity contribution in [2.75, 3.05) is 0 Å². The van der Waals surface area contributed by atoms with Gasteiger partial charge in [-0.3, -0.25) is 0 Å². The summed E-state index contributed by atoms with van der Waals surface area (Å²) in [5.74, 6) is 0.939. The molecule has 0 aliphatic rings. The molecule has 0 fully saturated rings. The summed E-state index contributed by atoms with van der Waals surface area (Å²) >= 11 is 0. The summed E-state index contributed by atoms with van der Waals surface area (Å²) in [6, 6.07) is 0.0234. The maximum absolute atomic E-state index is 5.78. The summed E-state index contributed by atoms with van der Waals surface area (Å²) in [5.41, 5.74) is 7.85. The Bertz CT molecular complexity index is 295. The molecular weight excluding hydrogens is 174 g/mol. The first-order valence-electron chi connectivity index (χ1n) is 5.23. The van der Waals surface area contributed by atoms with Crippen molar-refractivity contribution in [1.29, 1.82) is 0 Å². The van der Waals surface area contributed by atoms with Crippen LogP contribution in [0.15, 0.2) is 6.20 Å². The van der Waals surface area contributed by atoms with Crippen molar-refractivity contribution in [3.05, 3.63) is 23.3 Å². The molecule has 0 spiro atoms. The Morgan fingerprint density at radius 3 is 2.71 bits per heavy atom.